The molecule has 80 valence electrons. The number of thioether (sulfide) groups is 1. The van der Waals surface area contributed by atoms with Gasteiger partial charge in [-0.1, -0.05) is 11.8 Å². The maximum Gasteiger partial charge on any atom is 0.183 e. The lowest BCUT2D eigenvalue weighted by Gasteiger charge is -1.97. The molecule has 0 spiro atoms. The van der Waals surface area contributed by atoms with Crippen molar-refractivity contribution in [3.8, 4) is 6.19 Å². The first-order valence-corrected chi connectivity index (χ1v) is 5.56. The highest BCUT2D eigenvalue weighted by Crippen LogP contribution is 1.96. The van der Waals surface area contributed by atoms with E-state index in [2.05, 4.69) is 20.4 Å². The van der Waals surface area contributed by atoms with Crippen LogP contribution in [-0.4, -0.2) is 32.7 Å². The minimum Gasteiger partial charge on any atom is -0.272 e. The van der Waals surface area contributed by atoms with E-state index in [1.54, 1.807) is 11.0 Å². The molecule has 0 atom stereocenters. The number of hydrogen-bond donors (Lipinski definition) is 1. The maximum absolute atomic E-state index is 8.40. The Morgan fingerprint density at radius 3 is 3.13 bits per heavy atom. The fourth-order valence-corrected chi connectivity index (χ4v) is 1.33. The van der Waals surface area contributed by atoms with Crippen LogP contribution in [0.1, 0.15) is 5.82 Å². The number of nitrogens with zero attached hydrogens (tertiary/aromatic N) is 5. The first-order chi connectivity index (χ1) is 7.26. The Labute approximate surface area is 92.4 Å². The van der Waals surface area contributed by atoms with E-state index >= 15 is 0 Å². The monoisotopic (exact) mass is 224 g/mol. The number of amidine groups is 1. The average molecular weight is 224 g/mol. The van der Waals surface area contributed by atoms with Crippen LogP contribution in [0.4, 0.5) is 0 Å². The Morgan fingerprint density at radius 1 is 1.80 bits per heavy atom. The molecule has 1 heterocycles. The lowest BCUT2D eigenvalue weighted by atomic mass is 10.4. The zero-order chi connectivity index (χ0) is 11.1. The van der Waals surface area contributed by atoms with Crippen molar-refractivity contribution in [2.45, 2.75) is 6.42 Å². The van der Waals surface area contributed by atoms with Gasteiger partial charge in [0.15, 0.2) is 17.2 Å². The molecule has 0 aliphatic rings. The quantitative estimate of drug-likeness (QED) is 0.342. The highest BCUT2D eigenvalue weighted by molar-refractivity contribution is 8.13. The SMILES string of the molecule is CSC(=NCCc1ncn(C)n1)NC#N. The minimum absolute atomic E-state index is 0.578. The molecule has 15 heavy (non-hydrogen) atoms. The third-order valence-electron chi connectivity index (χ3n) is 1.59. The predicted molar refractivity (Wildman–Crippen MR) is 59.3 cm³/mol. The third-order valence-corrected chi connectivity index (χ3v) is 2.21. The molecule has 1 rings (SSSR count). The summed E-state index contributed by atoms with van der Waals surface area (Å²) in [5.41, 5.74) is 0. The summed E-state index contributed by atoms with van der Waals surface area (Å²) in [6, 6.07) is 0. The zero-order valence-corrected chi connectivity index (χ0v) is 9.45. The summed E-state index contributed by atoms with van der Waals surface area (Å²) in [4.78, 5) is 8.27. The van der Waals surface area contributed by atoms with Crippen LogP contribution in [0, 0.1) is 11.5 Å². The van der Waals surface area contributed by atoms with E-state index < -0.39 is 0 Å². The molecular weight excluding hydrogens is 212 g/mol. The molecule has 0 aromatic carbocycles. The Bertz CT molecular complexity index is 377. The summed E-state index contributed by atoms with van der Waals surface area (Å²) in [6.07, 6.45) is 6.03. The maximum atomic E-state index is 8.40. The van der Waals surface area contributed by atoms with Crippen LogP contribution >= 0.6 is 11.8 Å². The summed E-state index contributed by atoms with van der Waals surface area (Å²) in [7, 11) is 1.82. The van der Waals surface area contributed by atoms with Crippen LogP contribution in [0.5, 0.6) is 0 Å². The van der Waals surface area contributed by atoms with Gasteiger partial charge in [0, 0.05) is 20.0 Å². The largest absolute Gasteiger partial charge is 0.272 e. The molecule has 0 bridgehead atoms. The second kappa shape index (κ2) is 6.03. The summed E-state index contributed by atoms with van der Waals surface area (Å²) in [5, 5.41) is 15.6. The second-order valence-corrected chi connectivity index (χ2v) is 3.51. The Balaban J connectivity index is 2.40. The number of hydrogen-bond acceptors (Lipinski definition) is 5. The van der Waals surface area contributed by atoms with E-state index in [9.17, 15) is 0 Å². The van der Waals surface area contributed by atoms with E-state index in [4.69, 9.17) is 5.26 Å². The summed E-state index contributed by atoms with van der Waals surface area (Å²) in [5.74, 6) is 0.763. The molecule has 1 aromatic heterocycles. The van der Waals surface area contributed by atoms with Gasteiger partial charge in [0.2, 0.25) is 0 Å². The molecule has 6 nitrogen and oxygen atoms in total. The number of nitrogens with one attached hydrogen (secondary N) is 1. The van der Waals surface area contributed by atoms with E-state index in [-0.39, 0.29) is 0 Å². The van der Waals surface area contributed by atoms with E-state index in [1.807, 2.05) is 19.5 Å². The van der Waals surface area contributed by atoms with Crippen molar-refractivity contribution in [2.24, 2.45) is 12.0 Å². The molecule has 0 aliphatic carbocycles. The van der Waals surface area contributed by atoms with Gasteiger partial charge in [0.1, 0.15) is 6.33 Å². The first-order valence-electron chi connectivity index (χ1n) is 4.34. The standard InChI is InChI=1S/C8H12N6S/c1-14-6-12-7(13-14)3-4-10-8(15-2)11-5-9/h6H,3-4H2,1-2H3,(H,10,11). The Hall–Kier alpha value is -1.55. The molecule has 0 amide bonds. The van der Waals surface area contributed by atoms with Crippen LogP contribution in [0.25, 0.3) is 0 Å². The number of nitriles is 1. The topological polar surface area (TPSA) is 78.9 Å². The molecule has 0 saturated carbocycles. The van der Waals surface area contributed by atoms with Crippen LogP contribution < -0.4 is 5.32 Å². The van der Waals surface area contributed by atoms with Crippen LogP contribution in [0.3, 0.4) is 0 Å². The van der Waals surface area contributed by atoms with Gasteiger partial charge >= 0.3 is 0 Å². The van der Waals surface area contributed by atoms with Crippen LogP contribution in [-0.2, 0) is 13.5 Å². The molecule has 0 radical (unpaired) electrons. The number of aliphatic imine (C=N–C) groups is 1. The van der Waals surface area contributed by atoms with E-state index in [1.165, 1.54) is 11.8 Å². The average Bonchev–Trinajstić information content (AvgIpc) is 2.63. The van der Waals surface area contributed by atoms with Crippen molar-refractivity contribution in [1.29, 1.82) is 5.26 Å². The normalized spacial score (nSPS) is 11.1. The van der Waals surface area contributed by atoms with Gasteiger partial charge in [-0.15, -0.1) is 0 Å². The van der Waals surface area contributed by atoms with Crippen LogP contribution in [0.2, 0.25) is 0 Å². The second-order valence-electron chi connectivity index (χ2n) is 2.71. The van der Waals surface area contributed by atoms with Gasteiger partial charge < -0.3 is 0 Å². The summed E-state index contributed by atoms with van der Waals surface area (Å²) < 4.78 is 1.65. The molecule has 1 N–H and O–H groups in total. The van der Waals surface area contributed by atoms with Crippen LogP contribution in [0.15, 0.2) is 11.3 Å². The fourth-order valence-electron chi connectivity index (χ4n) is 0.959. The van der Waals surface area contributed by atoms with Crippen molar-refractivity contribution < 1.29 is 0 Å². The molecule has 0 unspecified atom stereocenters. The summed E-state index contributed by atoms with van der Waals surface area (Å²) >= 11 is 1.41. The smallest absolute Gasteiger partial charge is 0.183 e. The minimum atomic E-state index is 0.578. The highest BCUT2D eigenvalue weighted by Gasteiger charge is 1.98. The first kappa shape index (κ1) is 11.5. The zero-order valence-electron chi connectivity index (χ0n) is 8.64. The van der Waals surface area contributed by atoms with Crippen molar-refractivity contribution in [3.63, 3.8) is 0 Å². The van der Waals surface area contributed by atoms with Crippen molar-refractivity contribution >= 4 is 16.9 Å². The number of aryl methyl sites for hydroxylation is 1. The number of rotatable bonds is 3. The lowest BCUT2D eigenvalue weighted by Crippen LogP contribution is -2.14. The van der Waals surface area contributed by atoms with Gasteiger partial charge in [0.25, 0.3) is 0 Å². The van der Waals surface area contributed by atoms with Gasteiger partial charge in [-0.3, -0.25) is 15.0 Å². The summed E-state index contributed by atoms with van der Waals surface area (Å²) in [6.45, 7) is 0.578. The van der Waals surface area contributed by atoms with Crippen molar-refractivity contribution in [3.05, 3.63) is 12.2 Å². The predicted octanol–water partition coefficient (Wildman–Crippen LogP) is 0.147. The molecule has 1 aromatic rings. The molecular formula is C8H12N6S. The molecule has 0 aliphatic heterocycles. The fraction of sp³-hybridized carbons (Fsp3) is 0.500. The molecule has 7 heteroatoms. The Kier molecular flexibility index (Phi) is 4.63. The Morgan fingerprint density at radius 2 is 2.60 bits per heavy atom. The van der Waals surface area contributed by atoms with E-state index in [0.29, 0.717) is 18.1 Å². The third kappa shape index (κ3) is 3.99. The molecule has 0 fully saturated rings. The van der Waals surface area contributed by atoms with Gasteiger partial charge in [-0.05, 0) is 6.26 Å². The van der Waals surface area contributed by atoms with E-state index in [0.717, 1.165) is 5.82 Å². The van der Waals surface area contributed by atoms with Crippen molar-refractivity contribution in [2.75, 3.05) is 12.8 Å². The highest BCUT2D eigenvalue weighted by atomic mass is 32.2. The van der Waals surface area contributed by atoms with Gasteiger partial charge in [0.05, 0.1) is 0 Å². The van der Waals surface area contributed by atoms with Crippen molar-refractivity contribution in [1.82, 2.24) is 20.1 Å². The van der Waals surface area contributed by atoms with Gasteiger partial charge in [-0.2, -0.15) is 10.4 Å². The molecule has 0 saturated heterocycles. The number of aromatic nitrogens is 3. The van der Waals surface area contributed by atoms with Gasteiger partial charge in [-0.25, -0.2) is 4.98 Å². The lowest BCUT2D eigenvalue weighted by molar-refractivity contribution is 0.739.